The first-order valence-electron chi connectivity index (χ1n) is 7.26. The van der Waals surface area contributed by atoms with Gasteiger partial charge in [0.1, 0.15) is 6.04 Å². The van der Waals surface area contributed by atoms with Crippen molar-refractivity contribution in [1.82, 2.24) is 10.2 Å². The molecule has 0 aromatic carbocycles. The van der Waals surface area contributed by atoms with Crippen LogP contribution in [-0.2, 0) is 9.53 Å². The lowest BCUT2D eigenvalue weighted by molar-refractivity contribution is -0.134. The van der Waals surface area contributed by atoms with Crippen LogP contribution in [0.2, 0.25) is 0 Å². The predicted octanol–water partition coefficient (Wildman–Crippen LogP) is 2.16. The van der Waals surface area contributed by atoms with Gasteiger partial charge in [0.25, 0.3) is 0 Å². The van der Waals surface area contributed by atoms with Crippen molar-refractivity contribution < 1.29 is 14.3 Å². The Hall–Kier alpha value is -1.26. The summed E-state index contributed by atoms with van der Waals surface area (Å²) in [6.07, 6.45) is 3.44. The molecule has 0 aliphatic carbocycles. The molecule has 1 atom stereocenters. The van der Waals surface area contributed by atoms with E-state index in [0.29, 0.717) is 18.9 Å². The number of carbonyl (C=O) groups excluding carboxylic acids is 2. The Morgan fingerprint density at radius 2 is 1.84 bits per heavy atom. The quantitative estimate of drug-likeness (QED) is 0.833. The lowest BCUT2D eigenvalue weighted by Gasteiger charge is -2.31. The smallest absolute Gasteiger partial charge is 0.407 e. The average molecular weight is 270 g/mol. The Morgan fingerprint density at radius 1 is 1.21 bits per heavy atom. The molecule has 19 heavy (non-hydrogen) atoms. The highest BCUT2D eigenvalue weighted by atomic mass is 16.5. The van der Waals surface area contributed by atoms with E-state index in [2.05, 4.69) is 5.32 Å². The largest absolute Gasteiger partial charge is 0.450 e. The molecule has 1 rings (SSSR count). The van der Waals surface area contributed by atoms with Gasteiger partial charge >= 0.3 is 6.09 Å². The van der Waals surface area contributed by atoms with Gasteiger partial charge in [-0.05, 0) is 38.5 Å². The summed E-state index contributed by atoms with van der Waals surface area (Å²) in [7, 11) is 0. The Balaban J connectivity index is 2.60. The molecule has 0 saturated carbocycles. The predicted molar refractivity (Wildman–Crippen MR) is 73.8 cm³/mol. The minimum absolute atomic E-state index is 0.0291. The fraction of sp³-hybridized carbons (Fsp3) is 0.857. The van der Waals surface area contributed by atoms with Gasteiger partial charge < -0.3 is 15.0 Å². The highest BCUT2D eigenvalue weighted by molar-refractivity contribution is 5.85. The highest BCUT2D eigenvalue weighted by Crippen LogP contribution is 2.13. The molecule has 0 spiro atoms. The molecule has 0 bridgehead atoms. The van der Waals surface area contributed by atoms with E-state index < -0.39 is 12.1 Å². The standard InChI is InChI=1S/C14H26N2O3/c1-4-19-14(18)15-12(10-11(2)3)13(17)16-8-6-5-7-9-16/h11-12H,4-10H2,1-3H3,(H,15,18)/t12-/m0/s1. The summed E-state index contributed by atoms with van der Waals surface area (Å²) in [6, 6.07) is -0.461. The molecule has 2 amide bonds. The Bertz CT molecular complexity index is 299. The molecule has 5 nitrogen and oxygen atoms in total. The van der Waals surface area contributed by atoms with E-state index in [9.17, 15) is 9.59 Å². The van der Waals surface area contributed by atoms with Crippen LogP contribution in [0.3, 0.4) is 0 Å². The first kappa shape index (κ1) is 15.8. The minimum atomic E-state index is -0.501. The van der Waals surface area contributed by atoms with E-state index in [4.69, 9.17) is 4.74 Å². The molecular formula is C14H26N2O3. The molecule has 1 fully saturated rings. The third kappa shape index (κ3) is 5.49. The number of nitrogens with one attached hydrogen (secondary N) is 1. The number of likely N-dealkylation sites (tertiary alicyclic amines) is 1. The van der Waals surface area contributed by atoms with Crippen LogP contribution in [0, 0.1) is 5.92 Å². The van der Waals surface area contributed by atoms with Gasteiger partial charge in [-0.3, -0.25) is 4.79 Å². The number of ether oxygens (including phenoxy) is 1. The number of rotatable bonds is 5. The first-order valence-corrected chi connectivity index (χ1v) is 7.26. The van der Waals surface area contributed by atoms with Crippen LogP contribution in [0.1, 0.15) is 46.5 Å². The summed E-state index contributed by atoms with van der Waals surface area (Å²) >= 11 is 0. The monoisotopic (exact) mass is 270 g/mol. The highest BCUT2D eigenvalue weighted by Gasteiger charge is 2.27. The van der Waals surface area contributed by atoms with E-state index >= 15 is 0 Å². The van der Waals surface area contributed by atoms with Crippen molar-refractivity contribution >= 4 is 12.0 Å². The number of amides is 2. The molecule has 0 aromatic rings. The van der Waals surface area contributed by atoms with Crippen LogP contribution in [0.15, 0.2) is 0 Å². The average Bonchev–Trinajstić information content (AvgIpc) is 2.38. The Kier molecular flexibility index (Phi) is 6.67. The number of hydrogen-bond donors (Lipinski definition) is 1. The van der Waals surface area contributed by atoms with E-state index in [1.54, 1.807) is 6.92 Å². The molecule has 1 aliphatic heterocycles. The van der Waals surface area contributed by atoms with Gasteiger partial charge in [0.05, 0.1) is 6.61 Å². The lowest BCUT2D eigenvalue weighted by Crippen LogP contribution is -2.50. The van der Waals surface area contributed by atoms with E-state index in [0.717, 1.165) is 25.9 Å². The fourth-order valence-corrected chi connectivity index (χ4v) is 2.34. The van der Waals surface area contributed by atoms with Crippen molar-refractivity contribution in [2.75, 3.05) is 19.7 Å². The fourth-order valence-electron chi connectivity index (χ4n) is 2.34. The van der Waals surface area contributed by atoms with Gasteiger partial charge in [-0.1, -0.05) is 13.8 Å². The van der Waals surface area contributed by atoms with Gasteiger partial charge in [0.2, 0.25) is 5.91 Å². The zero-order valence-corrected chi connectivity index (χ0v) is 12.3. The molecule has 5 heteroatoms. The summed E-state index contributed by atoms with van der Waals surface area (Å²) in [6.45, 7) is 7.77. The summed E-state index contributed by atoms with van der Waals surface area (Å²) < 4.78 is 4.87. The summed E-state index contributed by atoms with van der Waals surface area (Å²) in [5.74, 6) is 0.377. The molecule has 0 unspecified atom stereocenters. The molecule has 1 aliphatic rings. The molecule has 110 valence electrons. The molecule has 0 radical (unpaired) electrons. The van der Waals surface area contributed by atoms with Crippen LogP contribution in [0.5, 0.6) is 0 Å². The van der Waals surface area contributed by atoms with Gasteiger partial charge in [-0.2, -0.15) is 0 Å². The Morgan fingerprint density at radius 3 is 2.37 bits per heavy atom. The molecule has 0 aromatic heterocycles. The summed E-state index contributed by atoms with van der Waals surface area (Å²) in [4.78, 5) is 25.8. The topological polar surface area (TPSA) is 58.6 Å². The maximum Gasteiger partial charge on any atom is 0.407 e. The van der Waals surface area contributed by atoms with Crippen molar-refractivity contribution in [2.45, 2.75) is 52.5 Å². The minimum Gasteiger partial charge on any atom is -0.450 e. The van der Waals surface area contributed by atoms with Crippen molar-refractivity contribution in [3.8, 4) is 0 Å². The third-order valence-electron chi connectivity index (χ3n) is 3.24. The van der Waals surface area contributed by atoms with Crippen LogP contribution < -0.4 is 5.32 Å². The Labute approximate surface area is 115 Å². The van der Waals surface area contributed by atoms with Crippen molar-refractivity contribution in [3.63, 3.8) is 0 Å². The number of carbonyl (C=O) groups is 2. The van der Waals surface area contributed by atoms with Crippen molar-refractivity contribution in [3.05, 3.63) is 0 Å². The molecule has 1 heterocycles. The van der Waals surface area contributed by atoms with E-state index in [-0.39, 0.29) is 5.91 Å². The van der Waals surface area contributed by atoms with Crippen molar-refractivity contribution in [1.29, 1.82) is 0 Å². The van der Waals surface area contributed by atoms with Crippen LogP contribution in [0.4, 0.5) is 4.79 Å². The van der Waals surface area contributed by atoms with Crippen LogP contribution in [0.25, 0.3) is 0 Å². The van der Waals surface area contributed by atoms with Crippen LogP contribution >= 0.6 is 0 Å². The lowest BCUT2D eigenvalue weighted by atomic mass is 10.0. The van der Waals surface area contributed by atoms with Gasteiger partial charge in [0, 0.05) is 13.1 Å². The summed E-state index contributed by atoms with van der Waals surface area (Å²) in [5.41, 5.74) is 0. The zero-order valence-electron chi connectivity index (χ0n) is 12.3. The second kappa shape index (κ2) is 8.02. The second-order valence-corrected chi connectivity index (χ2v) is 5.43. The van der Waals surface area contributed by atoms with E-state index in [1.807, 2.05) is 18.7 Å². The molecule has 1 N–H and O–H groups in total. The third-order valence-corrected chi connectivity index (χ3v) is 3.24. The number of nitrogens with zero attached hydrogens (tertiary/aromatic N) is 1. The number of alkyl carbamates (subject to hydrolysis) is 1. The molecule has 1 saturated heterocycles. The SMILES string of the molecule is CCOC(=O)N[C@@H](CC(C)C)C(=O)N1CCCCC1. The zero-order chi connectivity index (χ0) is 14.3. The first-order chi connectivity index (χ1) is 9.04. The van der Waals surface area contributed by atoms with Gasteiger partial charge in [0.15, 0.2) is 0 Å². The maximum absolute atomic E-state index is 12.4. The molecular weight excluding hydrogens is 244 g/mol. The van der Waals surface area contributed by atoms with Gasteiger partial charge in [-0.25, -0.2) is 4.79 Å². The van der Waals surface area contributed by atoms with Crippen LogP contribution in [-0.4, -0.2) is 42.6 Å². The number of hydrogen-bond acceptors (Lipinski definition) is 3. The number of piperidine rings is 1. The maximum atomic E-state index is 12.4. The van der Waals surface area contributed by atoms with Gasteiger partial charge in [-0.15, -0.1) is 0 Å². The summed E-state index contributed by atoms with van der Waals surface area (Å²) in [5, 5.41) is 2.69. The normalized spacial score (nSPS) is 17.2. The second-order valence-electron chi connectivity index (χ2n) is 5.43. The van der Waals surface area contributed by atoms with E-state index in [1.165, 1.54) is 6.42 Å². The van der Waals surface area contributed by atoms with Crippen molar-refractivity contribution in [2.24, 2.45) is 5.92 Å².